The van der Waals surface area contributed by atoms with Crippen LogP contribution in [0.4, 0.5) is 0 Å². The molecular weight excluding hydrogens is 152 g/mol. The van der Waals surface area contributed by atoms with E-state index in [9.17, 15) is 5.11 Å². The standard InChI is InChI=1S/C9H20OSi/c1-7(2)9(10)8(3)11(4,5)6/h7,9-10H,3H2,1-2,4-6H3. The number of hydrogen-bond donors (Lipinski definition) is 1. The Labute approximate surface area is 71.1 Å². The fraction of sp³-hybridized carbons (Fsp3) is 0.778. The van der Waals surface area contributed by atoms with E-state index in [4.69, 9.17) is 0 Å². The van der Waals surface area contributed by atoms with E-state index in [0.29, 0.717) is 5.92 Å². The predicted octanol–water partition coefficient (Wildman–Crippen LogP) is 2.44. The van der Waals surface area contributed by atoms with Gasteiger partial charge in [0.05, 0.1) is 14.2 Å². The molecule has 0 spiro atoms. The van der Waals surface area contributed by atoms with Crippen LogP contribution in [0.1, 0.15) is 13.8 Å². The Hall–Kier alpha value is -0.0831. The second kappa shape index (κ2) is 3.54. The summed E-state index contributed by atoms with van der Waals surface area (Å²) >= 11 is 0. The van der Waals surface area contributed by atoms with E-state index in [1.54, 1.807) is 0 Å². The molecule has 0 aliphatic carbocycles. The Morgan fingerprint density at radius 3 is 1.73 bits per heavy atom. The van der Waals surface area contributed by atoms with Crippen LogP contribution < -0.4 is 0 Å². The minimum atomic E-state index is -1.33. The van der Waals surface area contributed by atoms with E-state index in [1.807, 2.05) is 13.8 Å². The lowest BCUT2D eigenvalue weighted by Gasteiger charge is -2.26. The summed E-state index contributed by atoms with van der Waals surface area (Å²) in [5, 5.41) is 10.7. The van der Waals surface area contributed by atoms with E-state index in [2.05, 4.69) is 26.2 Å². The Bertz CT molecular complexity index is 144. The summed E-state index contributed by atoms with van der Waals surface area (Å²) in [6.07, 6.45) is -0.304. The van der Waals surface area contributed by atoms with Crippen LogP contribution in [0.3, 0.4) is 0 Å². The first kappa shape index (κ1) is 10.9. The van der Waals surface area contributed by atoms with Crippen molar-refractivity contribution in [2.24, 2.45) is 5.92 Å². The lowest BCUT2D eigenvalue weighted by molar-refractivity contribution is 0.167. The number of hydrogen-bond acceptors (Lipinski definition) is 1. The molecule has 0 saturated heterocycles. The summed E-state index contributed by atoms with van der Waals surface area (Å²) in [5.74, 6) is 0.300. The fourth-order valence-corrected chi connectivity index (χ4v) is 2.07. The minimum Gasteiger partial charge on any atom is -0.389 e. The van der Waals surface area contributed by atoms with Crippen molar-refractivity contribution in [2.75, 3.05) is 0 Å². The highest BCUT2D eigenvalue weighted by Gasteiger charge is 2.25. The van der Waals surface area contributed by atoms with E-state index in [1.165, 1.54) is 0 Å². The van der Waals surface area contributed by atoms with Crippen molar-refractivity contribution in [1.29, 1.82) is 0 Å². The van der Waals surface area contributed by atoms with Crippen LogP contribution in [0.5, 0.6) is 0 Å². The van der Waals surface area contributed by atoms with Gasteiger partial charge in [-0.1, -0.05) is 38.7 Å². The molecule has 1 unspecified atom stereocenters. The minimum absolute atomic E-state index is 0.300. The molecule has 66 valence electrons. The van der Waals surface area contributed by atoms with E-state index in [-0.39, 0.29) is 6.10 Å². The monoisotopic (exact) mass is 172 g/mol. The van der Waals surface area contributed by atoms with Gasteiger partial charge in [-0.2, -0.15) is 0 Å². The van der Waals surface area contributed by atoms with Gasteiger partial charge in [0.2, 0.25) is 0 Å². The normalized spacial score (nSPS) is 15.2. The molecule has 0 aliphatic rings. The van der Waals surface area contributed by atoms with Crippen molar-refractivity contribution in [3.05, 3.63) is 11.8 Å². The topological polar surface area (TPSA) is 20.2 Å². The van der Waals surface area contributed by atoms with Gasteiger partial charge in [-0.15, -0.1) is 6.58 Å². The molecule has 0 fully saturated rings. The van der Waals surface area contributed by atoms with Crippen molar-refractivity contribution in [3.8, 4) is 0 Å². The van der Waals surface area contributed by atoms with Gasteiger partial charge in [0, 0.05) is 0 Å². The van der Waals surface area contributed by atoms with Gasteiger partial charge in [-0.05, 0) is 5.92 Å². The highest BCUT2D eigenvalue weighted by molar-refractivity contribution is 6.83. The summed E-state index contributed by atoms with van der Waals surface area (Å²) in [5.41, 5.74) is 0. The zero-order valence-electron chi connectivity index (χ0n) is 8.31. The van der Waals surface area contributed by atoms with Gasteiger partial charge in [0.1, 0.15) is 0 Å². The summed E-state index contributed by atoms with van der Waals surface area (Å²) in [4.78, 5) is 0. The third kappa shape index (κ3) is 3.21. The van der Waals surface area contributed by atoms with E-state index in [0.717, 1.165) is 5.20 Å². The van der Waals surface area contributed by atoms with Crippen LogP contribution in [0.15, 0.2) is 11.8 Å². The average Bonchev–Trinajstić information content (AvgIpc) is 1.82. The molecule has 0 aromatic rings. The smallest absolute Gasteiger partial charge is 0.0750 e. The molecule has 0 bridgehead atoms. The van der Waals surface area contributed by atoms with Crippen LogP contribution in [0, 0.1) is 5.92 Å². The van der Waals surface area contributed by atoms with Gasteiger partial charge >= 0.3 is 0 Å². The Kier molecular flexibility index (Phi) is 3.52. The fourth-order valence-electron chi connectivity index (χ4n) is 0.846. The lowest BCUT2D eigenvalue weighted by atomic mass is 10.1. The zero-order chi connectivity index (χ0) is 9.23. The first-order valence-corrected chi connectivity index (χ1v) is 7.64. The van der Waals surface area contributed by atoms with Crippen molar-refractivity contribution in [1.82, 2.24) is 0 Å². The summed E-state index contributed by atoms with van der Waals surface area (Å²) in [6, 6.07) is 0. The largest absolute Gasteiger partial charge is 0.389 e. The Balaban J connectivity index is 4.26. The molecule has 0 heterocycles. The molecule has 0 aromatic carbocycles. The molecular formula is C9H20OSi. The number of aliphatic hydroxyl groups is 1. The van der Waals surface area contributed by atoms with Gasteiger partial charge in [0.25, 0.3) is 0 Å². The second-order valence-corrected chi connectivity index (χ2v) is 9.61. The first-order chi connectivity index (χ1) is 4.76. The molecule has 1 N–H and O–H groups in total. The SMILES string of the molecule is C=C(C(O)C(C)C)[Si](C)(C)C. The van der Waals surface area contributed by atoms with Crippen LogP contribution in [-0.2, 0) is 0 Å². The van der Waals surface area contributed by atoms with Gasteiger partial charge in [-0.25, -0.2) is 0 Å². The highest BCUT2D eigenvalue weighted by Crippen LogP contribution is 2.20. The number of aliphatic hydroxyl groups excluding tert-OH is 1. The highest BCUT2D eigenvalue weighted by atomic mass is 28.3. The molecule has 0 aliphatic heterocycles. The summed E-state index contributed by atoms with van der Waals surface area (Å²) in [7, 11) is -1.33. The molecule has 0 saturated carbocycles. The maximum atomic E-state index is 9.67. The zero-order valence-corrected chi connectivity index (χ0v) is 9.31. The van der Waals surface area contributed by atoms with Gasteiger partial charge < -0.3 is 5.11 Å². The molecule has 0 aromatic heterocycles. The summed E-state index contributed by atoms with van der Waals surface area (Å²) < 4.78 is 0. The molecule has 1 atom stereocenters. The van der Waals surface area contributed by atoms with Crippen molar-refractivity contribution >= 4 is 8.07 Å². The van der Waals surface area contributed by atoms with Crippen molar-refractivity contribution < 1.29 is 5.11 Å². The van der Waals surface area contributed by atoms with Gasteiger partial charge in [0.15, 0.2) is 0 Å². The van der Waals surface area contributed by atoms with Crippen LogP contribution in [0.25, 0.3) is 0 Å². The Morgan fingerprint density at radius 2 is 1.64 bits per heavy atom. The van der Waals surface area contributed by atoms with Crippen molar-refractivity contribution in [3.63, 3.8) is 0 Å². The molecule has 0 radical (unpaired) electrons. The van der Waals surface area contributed by atoms with Crippen LogP contribution >= 0.6 is 0 Å². The Morgan fingerprint density at radius 1 is 1.27 bits per heavy atom. The number of rotatable bonds is 3. The maximum Gasteiger partial charge on any atom is 0.0750 e. The third-order valence-corrected chi connectivity index (χ3v) is 4.17. The lowest BCUT2D eigenvalue weighted by Crippen LogP contribution is -2.34. The predicted molar refractivity (Wildman–Crippen MR) is 53.3 cm³/mol. The molecule has 0 amide bonds. The van der Waals surface area contributed by atoms with Gasteiger partial charge in [-0.3, -0.25) is 0 Å². The first-order valence-electron chi connectivity index (χ1n) is 4.14. The molecule has 2 heteroatoms. The third-order valence-electron chi connectivity index (χ3n) is 1.95. The average molecular weight is 172 g/mol. The van der Waals surface area contributed by atoms with E-state index < -0.39 is 8.07 Å². The second-order valence-electron chi connectivity index (χ2n) is 4.46. The van der Waals surface area contributed by atoms with Crippen LogP contribution in [-0.4, -0.2) is 19.3 Å². The molecule has 1 nitrogen and oxygen atoms in total. The van der Waals surface area contributed by atoms with Crippen LogP contribution in [0.2, 0.25) is 19.6 Å². The molecule has 11 heavy (non-hydrogen) atoms. The maximum absolute atomic E-state index is 9.67. The van der Waals surface area contributed by atoms with Crippen molar-refractivity contribution in [2.45, 2.75) is 39.6 Å². The summed E-state index contributed by atoms with van der Waals surface area (Å²) in [6.45, 7) is 14.6. The quantitative estimate of drug-likeness (QED) is 0.648. The van der Waals surface area contributed by atoms with E-state index >= 15 is 0 Å². The molecule has 0 rings (SSSR count).